The molecule has 0 radical (unpaired) electrons. The first-order valence-electron chi connectivity index (χ1n) is 5.00. The minimum Gasteiger partial charge on any atom is -0.382 e. The van der Waals surface area contributed by atoms with E-state index in [0.717, 1.165) is 5.56 Å². The van der Waals surface area contributed by atoms with Crippen LogP contribution in [0.3, 0.4) is 0 Å². The number of rotatable bonds is 5. The molecule has 3 nitrogen and oxygen atoms in total. The second-order valence-corrected chi connectivity index (χ2v) is 3.57. The summed E-state index contributed by atoms with van der Waals surface area (Å²) in [7, 11) is 1.54. The number of ether oxygens (including phenoxy) is 1. The van der Waals surface area contributed by atoms with Crippen LogP contribution in [-0.2, 0) is 11.3 Å². The predicted octanol–water partition coefficient (Wildman–Crippen LogP) is 2.17. The number of alkyl halides is 3. The van der Waals surface area contributed by atoms with Gasteiger partial charge in [0.1, 0.15) is 0 Å². The highest BCUT2D eigenvalue weighted by molar-refractivity contribution is 5.45. The molecule has 0 amide bonds. The Morgan fingerprint density at radius 1 is 1.41 bits per heavy atom. The van der Waals surface area contributed by atoms with E-state index in [1.807, 2.05) is 0 Å². The molecule has 0 aliphatic heterocycles. The molecule has 0 saturated heterocycles. The zero-order chi connectivity index (χ0) is 12.9. The van der Waals surface area contributed by atoms with Gasteiger partial charge < -0.3 is 15.2 Å². The fraction of sp³-hybridized carbons (Fsp3) is 0.455. The lowest BCUT2D eigenvalue weighted by Gasteiger charge is -2.16. The first-order valence-corrected chi connectivity index (χ1v) is 5.00. The third-order valence-electron chi connectivity index (χ3n) is 2.12. The first kappa shape index (κ1) is 13.8. The van der Waals surface area contributed by atoms with Gasteiger partial charge in [-0.2, -0.15) is 13.2 Å². The summed E-state index contributed by atoms with van der Waals surface area (Å²) in [5, 5.41) is 11.3. The van der Waals surface area contributed by atoms with Crippen LogP contribution in [0.1, 0.15) is 5.56 Å². The summed E-state index contributed by atoms with van der Waals surface area (Å²) >= 11 is 0. The average Bonchev–Trinajstić information content (AvgIpc) is 2.25. The molecule has 1 rings (SSSR count). The number of hydrogen-bond donors (Lipinski definition) is 2. The van der Waals surface area contributed by atoms with E-state index in [2.05, 4.69) is 5.32 Å². The van der Waals surface area contributed by atoms with Gasteiger partial charge in [-0.15, -0.1) is 0 Å². The first-order chi connectivity index (χ1) is 7.93. The molecule has 0 bridgehead atoms. The number of anilines is 1. The number of aliphatic hydroxyl groups is 1. The molecule has 6 heteroatoms. The van der Waals surface area contributed by atoms with Gasteiger partial charge in [0, 0.05) is 19.3 Å². The van der Waals surface area contributed by atoms with E-state index in [-0.39, 0.29) is 0 Å². The van der Waals surface area contributed by atoms with Crippen molar-refractivity contribution in [2.75, 3.05) is 19.0 Å². The number of aliphatic hydroxyl groups excluding tert-OH is 1. The molecule has 1 atom stereocenters. The van der Waals surface area contributed by atoms with Gasteiger partial charge in [0.2, 0.25) is 0 Å². The van der Waals surface area contributed by atoms with Crippen molar-refractivity contribution >= 4 is 5.69 Å². The van der Waals surface area contributed by atoms with Crippen molar-refractivity contribution < 1.29 is 23.0 Å². The quantitative estimate of drug-likeness (QED) is 0.840. The van der Waals surface area contributed by atoms with Crippen molar-refractivity contribution in [1.82, 2.24) is 0 Å². The Labute approximate surface area is 97.2 Å². The standard InChI is InChI=1S/C11H14F3NO2/c1-17-7-8-3-2-4-9(5-8)15-6-10(16)11(12,13)14/h2-5,10,15-16H,6-7H2,1H3. The van der Waals surface area contributed by atoms with Crippen molar-refractivity contribution in [3.8, 4) is 0 Å². The largest absolute Gasteiger partial charge is 0.416 e. The summed E-state index contributed by atoms with van der Waals surface area (Å²) in [6, 6.07) is 6.81. The monoisotopic (exact) mass is 249 g/mol. The molecule has 1 unspecified atom stereocenters. The molecule has 17 heavy (non-hydrogen) atoms. The third-order valence-corrected chi connectivity index (χ3v) is 2.12. The summed E-state index contributed by atoms with van der Waals surface area (Å²) in [6.07, 6.45) is -6.97. The minimum absolute atomic E-state index is 0.386. The number of hydrogen-bond acceptors (Lipinski definition) is 3. The summed E-state index contributed by atoms with van der Waals surface area (Å²) in [5.74, 6) is 0. The Balaban J connectivity index is 2.54. The van der Waals surface area contributed by atoms with E-state index < -0.39 is 18.8 Å². The minimum atomic E-state index is -4.60. The molecule has 1 aromatic rings. The average molecular weight is 249 g/mol. The van der Waals surface area contributed by atoms with Gasteiger partial charge in [0.05, 0.1) is 6.61 Å². The van der Waals surface area contributed by atoms with Crippen LogP contribution in [0.2, 0.25) is 0 Å². The van der Waals surface area contributed by atoms with Crippen LogP contribution in [0.4, 0.5) is 18.9 Å². The Morgan fingerprint density at radius 3 is 2.71 bits per heavy atom. The van der Waals surface area contributed by atoms with Crippen molar-refractivity contribution in [3.05, 3.63) is 29.8 Å². The third kappa shape index (κ3) is 4.62. The smallest absolute Gasteiger partial charge is 0.382 e. The van der Waals surface area contributed by atoms with Gasteiger partial charge >= 0.3 is 6.18 Å². The zero-order valence-corrected chi connectivity index (χ0v) is 9.29. The second kappa shape index (κ2) is 5.88. The molecular weight excluding hydrogens is 235 g/mol. The van der Waals surface area contributed by atoms with Crippen molar-refractivity contribution in [2.24, 2.45) is 0 Å². The van der Waals surface area contributed by atoms with E-state index in [4.69, 9.17) is 9.84 Å². The van der Waals surface area contributed by atoms with Crippen LogP contribution < -0.4 is 5.32 Å². The maximum Gasteiger partial charge on any atom is 0.416 e. The Hall–Kier alpha value is -1.27. The molecule has 0 aromatic heterocycles. The molecule has 0 saturated carbocycles. The van der Waals surface area contributed by atoms with Crippen molar-refractivity contribution in [1.29, 1.82) is 0 Å². The maximum absolute atomic E-state index is 12.0. The van der Waals surface area contributed by atoms with E-state index >= 15 is 0 Å². The second-order valence-electron chi connectivity index (χ2n) is 3.57. The molecule has 96 valence electrons. The van der Waals surface area contributed by atoms with Crippen LogP contribution in [0.25, 0.3) is 0 Å². The SMILES string of the molecule is COCc1cccc(NCC(O)C(F)(F)F)c1. The van der Waals surface area contributed by atoms with E-state index in [1.54, 1.807) is 24.3 Å². The summed E-state index contributed by atoms with van der Waals surface area (Å²) in [6.45, 7) is -0.183. The van der Waals surface area contributed by atoms with Gasteiger partial charge in [-0.05, 0) is 17.7 Å². The topological polar surface area (TPSA) is 41.5 Å². The zero-order valence-electron chi connectivity index (χ0n) is 9.29. The predicted molar refractivity (Wildman–Crippen MR) is 57.7 cm³/mol. The molecular formula is C11H14F3NO2. The number of methoxy groups -OCH3 is 1. The molecule has 2 N–H and O–H groups in total. The van der Waals surface area contributed by atoms with Crippen LogP contribution >= 0.6 is 0 Å². The lowest BCUT2D eigenvalue weighted by molar-refractivity contribution is -0.198. The molecule has 1 aromatic carbocycles. The molecule has 0 aliphatic rings. The maximum atomic E-state index is 12.0. The fourth-order valence-electron chi connectivity index (χ4n) is 1.27. The summed E-state index contributed by atoms with van der Waals surface area (Å²) in [5.41, 5.74) is 1.36. The fourth-order valence-corrected chi connectivity index (χ4v) is 1.27. The number of halogens is 3. The molecule has 0 heterocycles. The highest BCUT2D eigenvalue weighted by Crippen LogP contribution is 2.20. The summed E-state index contributed by atoms with van der Waals surface area (Å²) < 4.78 is 41.0. The van der Waals surface area contributed by atoms with E-state index in [0.29, 0.717) is 12.3 Å². The van der Waals surface area contributed by atoms with Crippen LogP contribution in [0, 0.1) is 0 Å². The highest BCUT2D eigenvalue weighted by Gasteiger charge is 2.37. The number of benzene rings is 1. The van der Waals surface area contributed by atoms with Crippen LogP contribution in [0.5, 0.6) is 0 Å². The Kier molecular flexibility index (Phi) is 4.77. The van der Waals surface area contributed by atoms with Crippen molar-refractivity contribution in [2.45, 2.75) is 18.9 Å². The van der Waals surface area contributed by atoms with Crippen molar-refractivity contribution in [3.63, 3.8) is 0 Å². The Morgan fingerprint density at radius 2 is 2.12 bits per heavy atom. The van der Waals surface area contributed by atoms with Gasteiger partial charge in [-0.25, -0.2) is 0 Å². The lowest BCUT2D eigenvalue weighted by Crippen LogP contribution is -2.35. The molecule has 0 spiro atoms. The van der Waals surface area contributed by atoms with Gasteiger partial charge in [0.15, 0.2) is 6.10 Å². The Bertz CT molecular complexity index is 355. The van der Waals surface area contributed by atoms with Crippen LogP contribution in [-0.4, -0.2) is 31.0 Å². The van der Waals surface area contributed by atoms with E-state index in [9.17, 15) is 13.2 Å². The molecule has 0 fully saturated rings. The van der Waals surface area contributed by atoms with Crippen LogP contribution in [0.15, 0.2) is 24.3 Å². The number of nitrogens with one attached hydrogen (secondary N) is 1. The molecule has 0 aliphatic carbocycles. The lowest BCUT2D eigenvalue weighted by atomic mass is 10.2. The van der Waals surface area contributed by atoms with Gasteiger partial charge in [-0.1, -0.05) is 12.1 Å². The normalized spacial score (nSPS) is 13.5. The van der Waals surface area contributed by atoms with Gasteiger partial charge in [-0.3, -0.25) is 0 Å². The van der Waals surface area contributed by atoms with Gasteiger partial charge in [0.25, 0.3) is 0 Å². The highest BCUT2D eigenvalue weighted by atomic mass is 19.4. The summed E-state index contributed by atoms with van der Waals surface area (Å²) in [4.78, 5) is 0. The van der Waals surface area contributed by atoms with E-state index in [1.165, 1.54) is 7.11 Å².